The van der Waals surface area contributed by atoms with Gasteiger partial charge in [0.1, 0.15) is 5.01 Å². The molecule has 0 unspecified atom stereocenters. The van der Waals surface area contributed by atoms with Gasteiger partial charge in [-0.25, -0.2) is 4.98 Å². The first-order chi connectivity index (χ1) is 8.34. The van der Waals surface area contributed by atoms with E-state index >= 15 is 0 Å². The van der Waals surface area contributed by atoms with Crippen LogP contribution in [-0.4, -0.2) is 23.0 Å². The number of thiazole rings is 1. The molecule has 94 valence electrons. The van der Waals surface area contributed by atoms with Crippen molar-refractivity contribution in [3.63, 3.8) is 0 Å². The minimum atomic E-state index is 0.203. The average molecular weight is 268 g/mol. The van der Waals surface area contributed by atoms with Gasteiger partial charge in [-0.05, 0) is 50.2 Å². The number of thioether (sulfide) groups is 1. The fourth-order valence-corrected chi connectivity index (χ4v) is 5.48. The summed E-state index contributed by atoms with van der Waals surface area (Å²) in [5, 5.41) is 5.12. The van der Waals surface area contributed by atoms with Crippen LogP contribution in [0.2, 0.25) is 0 Å². The standard InChI is InChI=1S/C13H20N2S2/c1-2-14-13(6-8-16-9-7-13)12-15-10-4-3-5-11(10)17-12/h14H,2-9H2,1H3. The molecule has 1 aliphatic carbocycles. The first-order valence-electron chi connectivity index (χ1n) is 6.66. The van der Waals surface area contributed by atoms with Gasteiger partial charge in [0.15, 0.2) is 0 Å². The summed E-state index contributed by atoms with van der Waals surface area (Å²) in [6.07, 6.45) is 6.29. The minimum absolute atomic E-state index is 0.203. The molecule has 2 nitrogen and oxygen atoms in total. The molecule has 3 rings (SSSR count). The zero-order valence-corrected chi connectivity index (χ0v) is 12.1. The molecule has 1 aliphatic heterocycles. The van der Waals surface area contributed by atoms with Crippen molar-refractivity contribution in [2.45, 2.75) is 44.6 Å². The van der Waals surface area contributed by atoms with E-state index < -0.39 is 0 Å². The van der Waals surface area contributed by atoms with E-state index in [-0.39, 0.29) is 5.54 Å². The Bertz CT molecular complexity index is 367. The Morgan fingerprint density at radius 2 is 2.12 bits per heavy atom. The highest BCUT2D eigenvalue weighted by Crippen LogP contribution is 2.40. The van der Waals surface area contributed by atoms with E-state index in [1.807, 2.05) is 11.3 Å². The molecule has 0 atom stereocenters. The lowest BCUT2D eigenvalue weighted by atomic mass is 9.93. The van der Waals surface area contributed by atoms with Gasteiger partial charge in [0, 0.05) is 4.88 Å². The van der Waals surface area contributed by atoms with Gasteiger partial charge in [-0.3, -0.25) is 0 Å². The molecule has 0 aromatic carbocycles. The van der Waals surface area contributed by atoms with Crippen molar-refractivity contribution in [2.24, 2.45) is 0 Å². The van der Waals surface area contributed by atoms with Crippen LogP contribution in [0.1, 0.15) is 41.8 Å². The molecule has 1 aromatic rings. The fraction of sp³-hybridized carbons (Fsp3) is 0.769. The van der Waals surface area contributed by atoms with Gasteiger partial charge in [-0.1, -0.05) is 6.92 Å². The fourth-order valence-electron chi connectivity index (χ4n) is 2.92. The number of nitrogens with zero attached hydrogens (tertiary/aromatic N) is 1. The Morgan fingerprint density at radius 3 is 2.82 bits per heavy atom. The van der Waals surface area contributed by atoms with E-state index in [2.05, 4.69) is 24.0 Å². The van der Waals surface area contributed by atoms with Gasteiger partial charge in [0.2, 0.25) is 0 Å². The van der Waals surface area contributed by atoms with E-state index in [1.54, 1.807) is 4.88 Å². The first-order valence-corrected chi connectivity index (χ1v) is 8.63. The molecule has 1 saturated heterocycles. The van der Waals surface area contributed by atoms with Gasteiger partial charge >= 0.3 is 0 Å². The average Bonchev–Trinajstić information content (AvgIpc) is 2.90. The molecule has 0 saturated carbocycles. The molecule has 0 amide bonds. The summed E-state index contributed by atoms with van der Waals surface area (Å²) in [6.45, 7) is 3.26. The Hall–Kier alpha value is -0.0600. The number of hydrogen-bond acceptors (Lipinski definition) is 4. The van der Waals surface area contributed by atoms with Crippen LogP contribution in [0.15, 0.2) is 0 Å². The molecule has 0 radical (unpaired) electrons. The van der Waals surface area contributed by atoms with E-state index in [4.69, 9.17) is 4.98 Å². The van der Waals surface area contributed by atoms with Crippen molar-refractivity contribution in [1.82, 2.24) is 10.3 Å². The number of rotatable bonds is 3. The van der Waals surface area contributed by atoms with Crippen LogP contribution >= 0.6 is 23.1 Å². The van der Waals surface area contributed by atoms with Gasteiger partial charge in [-0.15, -0.1) is 11.3 Å². The summed E-state index contributed by atoms with van der Waals surface area (Å²) in [5.74, 6) is 2.55. The van der Waals surface area contributed by atoms with Gasteiger partial charge in [0.05, 0.1) is 11.2 Å². The number of fused-ring (bicyclic) bond motifs is 1. The van der Waals surface area contributed by atoms with Crippen LogP contribution in [-0.2, 0) is 18.4 Å². The Balaban J connectivity index is 1.91. The Kier molecular flexibility index (Phi) is 3.46. The summed E-state index contributed by atoms with van der Waals surface area (Å²) in [5.41, 5.74) is 1.61. The molecule has 2 heterocycles. The first kappa shape index (κ1) is 12.0. The quantitative estimate of drug-likeness (QED) is 0.912. The zero-order valence-electron chi connectivity index (χ0n) is 10.4. The SMILES string of the molecule is CCNC1(c2nc3c(s2)CCC3)CCSCC1. The Morgan fingerprint density at radius 1 is 1.29 bits per heavy atom. The molecular weight excluding hydrogens is 248 g/mol. The minimum Gasteiger partial charge on any atom is -0.306 e. The maximum atomic E-state index is 4.95. The van der Waals surface area contributed by atoms with Crippen molar-refractivity contribution in [1.29, 1.82) is 0 Å². The number of hydrogen-bond donors (Lipinski definition) is 1. The summed E-state index contributed by atoms with van der Waals surface area (Å²) in [7, 11) is 0. The summed E-state index contributed by atoms with van der Waals surface area (Å²) in [4.78, 5) is 6.52. The highest BCUT2D eigenvalue weighted by atomic mass is 32.2. The number of aromatic nitrogens is 1. The molecule has 0 spiro atoms. The van der Waals surface area contributed by atoms with Crippen LogP contribution in [0, 0.1) is 0 Å². The molecule has 1 fully saturated rings. The lowest BCUT2D eigenvalue weighted by molar-refractivity contribution is 0.313. The highest BCUT2D eigenvalue weighted by Gasteiger charge is 2.37. The van der Waals surface area contributed by atoms with Crippen molar-refractivity contribution < 1.29 is 0 Å². The van der Waals surface area contributed by atoms with Crippen molar-refractivity contribution in [2.75, 3.05) is 18.1 Å². The van der Waals surface area contributed by atoms with Crippen LogP contribution in [0.5, 0.6) is 0 Å². The van der Waals surface area contributed by atoms with Crippen LogP contribution in [0.3, 0.4) is 0 Å². The molecule has 1 aromatic heterocycles. The normalized spacial score (nSPS) is 22.6. The maximum absolute atomic E-state index is 4.95. The smallest absolute Gasteiger partial charge is 0.113 e. The lowest BCUT2D eigenvalue weighted by Gasteiger charge is -2.36. The summed E-state index contributed by atoms with van der Waals surface area (Å²) in [6, 6.07) is 0. The monoisotopic (exact) mass is 268 g/mol. The van der Waals surface area contributed by atoms with Crippen molar-refractivity contribution in [3.8, 4) is 0 Å². The third kappa shape index (κ3) is 2.15. The predicted octanol–water partition coefficient (Wildman–Crippen LogP) is 2.96. The number of nitrogens with one attached hydrogen (secondary N) is 1. The van der Waals surface area contributed by atoms with Gasteiger partial charge < -0.3 is 5.32 Å². The highest BCUT2D eigenvalue weighted by molar-refractivity contribution is 7.99. The van der Waals surface area contributed by atoms with Crippen molar-refractivity contribution >= 4 is 23.1 Å². The largest absolute Gasteiger partial charge is 0.306 e. The summed E-state index contributed by atoms with van der Waals surface area (Å²) >= 11 is 4.07. The Labute approximate surface area is 112 Å². The van der Waals surface area contributed by atoms with E-state index in [0.29, 0.717) is 0 Å². The van der Waals surface area contributed by atoms with Gasteiger partial charge in [-0.2, -0.15) is 11.8 Å². The third-order valence-corrected chi connectivity index (χ3v) is 6.21. The van der Waals surface area contributed by atoms with E-state index in [1.165, 1.54) is 54.3 Å². The molecule has 17 heavy (non-hydrogen) atoms. The second-order valence-electron chi connectivity index (χ2n) is 4.97. The third-order valence-electron chi connectivity index (χ3n) is 3.87. The lowest BCUT2D eigenvalue weighted by Crippen LogP contribution is -2.45. The number of aryl methyl sites for hydroxylation is 2. The van der Waals surface area contributed by atoms with E-state index in [0.717, 1.165) is 6.54 Å². The summed E-state index contributed by atoms with van der Waals surface area (Å²) < 4.78 is 0. The maximum Gasteiger partial charge on any atom is 0.113 e. The molecule has 2 aliphatic rings. The molecular formula is C13H20N2S2. The van der Waals surface area contributed by atoms with E-state index in [9.17, 15) is 0 Å². The topological polar surface area (TPSA) is 24.9 Å². The van der Waals surface area contributed by atoms with Crippen molar-refractivity contribution in [3.05, 3.63) is 15.6 Å². The zero-order chi connectivity index (χ0) is 11.7. The second-order valence-corrected chi connectivity index (χ2v) is 7.28. The second kappa shape index (κ2) is 4.90. The van der Waals surface area contributed by atoms with Crippen LogP contribution in [0.4, 0.5) is 0 Å². The van der Waals surface area contributed by atoms with Gasteiger partial charge in [0.25, 0.3) is 0 Å². The molecule has 0 bridgehead atoms. The molecule has 1 N–H and O–H groups in total. The van der Waals surface area contributed by atoms with Crippen LogP contribution in [0.25, 0.3) is 0 Å². The molecule has 4 heteroatoms. The van der Waals surface area contributed by atoms with Crippen LogP contribution < -0.4 is 5.32 Å². The predicted molar refractivity (Wildman–Crippen MR) is 76.1 cm³/mol.